The van der Waals surface area contributed by atoms with Gasteiger partial charge in [0, 0.05) is 33.2 Å². The zero-order valence-electron chi connectivity index (χ0n) is 15.8. The summed E-state index contributed by atoms with van der Waals surface area (Å²) in [5.74, 6) is 0.232. The predicted molar refractivity (Wildman–Crippen MR) is 106 cm³/mol. The van der Waals surface area contributed by atoms with Crippen LogP contribution < -0.4 is 10.6 Å². The first-order chi connectivity index (χ1) is 13.1. The minimum absolute atomic E-state index is 0.128. The third-order valence-electron chi connectivity index (χ3n) is 4.36. The quantitative estimate of drug-likeness (QED) is 0.333. The summed E-state index contributed by atoms with van der Waals surface area (Å²) in [4.78, 5) is 30.5. The molecule has 0 spiro atoms. The number of amides is 1. The topological polar surface area (TPSA) is 83.0 Å². The zero-order valence-corrected chi connectivity index (χ0v) is 16.6. The fourth-order valence-electron chi connectivity index (χ4n) is 3.05. The fourth-order valence-corrected chi connectivity index (χ4v) is 3.27. The molecule has 27 heavy (non-hydrogen) atoms. The van der Waals surface area contributed by atoms with Crippen molar-refractivity contribution >= 4 is 29.4 Å². The number of esters is 1. The van der Waals surface area contributed by atoms with E-state index in [4.69, 9.17) is 16.3 Å². The number of hydrogen-bond acceptors (Lipinski definition) is 4. The zero-order chi connectivity index (χ0) is 19.6. The lowest BCUT2D eigenvalue weighted by Gasteiger charge is -2.33. The van der Waals surface area contributed by atoms with Gasteiger partial charge in [-0.15, -0.1) is 0 Å². The van der Waals surface area contributed by atoms with Crippen molar-refractivity contribution in [1.29, 1.82) is 0 Å². The predicted octanol–water partition coefficient (Wildman–Crippen LogP) is 1.92. The summed E-state index contributed by atoms with van der Waals surface area (Å²) in [6.45, 7) is 4.58. The van der Waals surface area contributed by atoms with Crippen molar-refractivity contribution in [2.24, 2.45) is 10.9 Å². The number of ether oxygens (including phenoxy) is 1. The molecule has 8 heteroatoms. The molecule has 148 valence electrons. The lowest BCUT2D eigenvalue weighted by atomic mass is 9.98. The lowest BCUT2D eigenvalue weighted by molar-refractivity contribution is -0.149. The molecule has 1 saturated heterocycles. The number of halogens is 1. The second kappa shape index (κ2) is 10.8. The molecule has 2 N–H and O–H groups in total. The number of carbonyl (C=O) groups excluding carboxylic acids is 2. The highest BCUT2D eigenvalue weighted by Crippen LogP contribution is 2.18. The summed E-state index contributed by atoms with van der Waals surface area (Å²) in [5.41, 5.74) is 0.455. The van der Waals surface area contributed by atoms with E-state index in [0.717, 1.165) is 25.3 Å². The third kappa shape index (κ3) is 6.13. The summed E-state index contributed by atoms with van der Waals surface area (Å²) in [7, 11) is 1.71. The van der Waals surface area contributed by atoms with E-state index in [1.54, 1.807) is 31.3 Å². The van der Waals surface area contributed by atoms with E-state index >= 15 is 0 Å². The van der Waals surface area contributed by atoms with Crippen LogP contribution in [0, 0.1) is 5.92 Å². The van der Waals surface area contributed by atoms with E-state index in [2.05, 4.69) is 20.5 Å². The van der Waals surface area contributed by atoms with Crippen molar-refractivity contribution in [3.8, 4) is 0 Å². The van der Waals surface area contributed by atoms with Crippen molar-refractivity contribution in [3.05, 3.63) is 34.9 Å². The number of nitrogens with zero attached hydrogens (tertiary/aromatic N) is 2. The van der Waals surface area contributed by atoms with Crippen LogP contribution in [-0.2, 0) is 9.53 Å². The van der Waals surface area contributed by atoms with E-state index in [1.807, 2.05) is 6.92 Å². The van der Waals surface area contributed by atoms with Crippen LogP contribution in [-0.4, -0.2) is 62.6 Å². The van der Waals surface area contributed by atoms with Gasteiger partial charge in [0.2, 0.25) is 0 Å². The van der Waals surface area contributed by atoms with Gasteiger partial charge in [-0.1, -0.05) is 23.7 Å². The number of hydrogen-bond donors (Lipinski definition) is 2. The van der Waals surface area contributed by atoms with Gasteiger partial charge in [0.1, 0.15) is 0 Å². The number of benzene rings is 1. The Balaban J connectivity index is 1.79. The summed E-state index contributed by atoms with van der Waals surface area (Å²) in [6.07, 6.45) is 1.74. The molecule has 0 radical (unpaired) electrons. The molecule has 2 rings (SSSR count). The molecule has 1 heterocycles. The third-order valence-corrected chi connectivity index (χ3v) is 4.69. The van der Waals surface area contributed by atoms with Crippen LogP contribution in [0.4, 0.5) is 0 Å². The van der Waals surface area contributed by atoms with Crippen LogP contribution >= 0.6 is 11.6 Å². The highest BCUT2D eigenvalue weighted by Gasteiger charge is 2.28. The Morgan fingerprint density at radius 3 is 2.74 bits per heavy atom. The van der Waals surface area contributed by atoms with Crippen LogP contribution in [0.1, 0.15) is 30.1 Å². The molecular formula is C19H27ClN4O3. The Bertz CT molecular complexity index is 681. The fraction of sp³-hybridized carbons (Fsp3) is 0.526. The van der Waals surface area contributed by atoms with E-state index in [9.17, 15) is 9.59 Å². The smallest absolute Gasteiger partial charge is 0.310 e. The van der Waals surface area contributed by atoms with E-state index in [0.29, 0.717) is 36.8 Å². The molecule has 1 amide bonds. The monoisotopic (exact) mass is 394 g/mol. The van der Waals surface area contributed by atoms with Gasteiger partial charge in [0.05, 0.1) is 23.1 Å². The molecule has 1 unspecified atom stereocenters. The van der Waals surface area contributed by atoms with Gasteiger partial charge in [0.15, 0.2) is 5.96 Å². The van der Waals surface area contributed by atoms with Gasteiger partial charge in [-0.2, -0.15) is 0 Å². The summed E-state index contributed by atoms with van der Waals surface area (Å²) >= 11 is 6.03. The number of rotatable bonds is 6. The van der Waals surface area contributed by atoms with E-state index in [1.165, 1.54) is 0 Å². The highest BCUT2D eigenvalue weighted by molar-refractivity contribution is 6.33. The minimum atomic E-state index is -0.210. The summed E-state index contributed by atoms with van der Waals surface area (Å²) < 4.78 is 5.14. The van der Waals surface area contributed by atoms with E-state index < -0.39 is 0 Å². The first-order valence-electron chi connectivity index (χ1n) is 9.21. The Morgan fingerprint density at radius 1 is 1.30 bits per heavy atom. The van der Waals surface area contributed by atoms with Gasteiger partial charge in [-0.25, -0.2) is 0 Å². The number of guanidine groups is 1. The standard InChI is InChI=1S/C19H27ClN4O3/c1-3-27-18(26)14-7-6-12-24(13-14)19(21-2)23-11-10-22-17(25)15-8-4-5-9-16(15)20/h4-5,8-9,14H,3,6-7,10-13H2,1-2H3,(H,21,23)(H,22,25). The number of piperidine rings is 1. The van der Waals surface area contributed by atoms with Gasteiger partial charge >= 0.3 is 5.97 Å². The maximum absolute atomic E-state index is 12.1. The molecule has 1 aromatic rings. The number of nitrogens with one attached hydrogen (secondary N) is 2. The maximum Gasteiger partial charge on any atom is 0.310 e. The average molecular weight is 395 g/mol. The molecule has 0 aliphatic carbocycles. The molecular weight excluding hydrogens is 368 g/mol. The van der Waals surface area contributed by atoms with Crippen LogP contribution in [0.25, 0.3) is 0 Å². The van der Waals surface area contributed by atoms with Crippen LogP contribution in [0.3, 0.4) is 0 Å². The van der Waals surface area contributed by atoms with Gasteiger partial charge in [0.25, 0.3) is 5.91 Å². The largest absolute Gasteiger partial charge is 0.466 e. The molecule has 0 aromatic heterocycles. The van der Waals surface area contributed by atoms with Crippen LogP contribution in [0.15, 0.2) is 29.3 Å². The van der Waals surface area contributed by atoms with Crippen molar-refractivity contribution in [1.82, 2.24) is 15.5 Å². The minimum Gasteiger partial charge on any atom is -0.466 e. The van der Waals surface area contributed by atoms with Crippen LogP contribution in [0.2, 0.25) is 5.02 Å². The SMILES string of the molecule is CCOC(=O)C1CCCN(C(=NC)NCCNC(=O)c2ccccc2Cl)C1. The first kappa shape index (κ1) is 21.0. The molecule has 1 aromatic carbocycles. The van der Waals surface area contributed by atoms with Gasteiger partial charge in [-0.3, -0.25) is 14.6 Å². The Labute approximate surface area is 165 Å². The maximum atomic E-state index is 12.1. The first-order valence-corrected chi connectivity index (χ1v) is 9.59. The molecule has 1 aliphatic heterocycles. The second-order valence-electron chi connectivity index (χ2n) is 6.25. The highest BCUT2D eigenvalue weighted by atomic mass is 35.5. The van der Waals surface area contributed by atoms with Crippen molar-refractivity contribution < 1.29 is 14.3 Å². The van der Waals surface area contributed by atoms with Gasteiger partial charge < -0.3 is 20.3 Å². The Morgan fingerprint density at radius 2 is 2.04 bits per heavy atom. The second-order valence-corrected chi connectivity index (χ2v) is 6.65. The van der Waals surface area contributed by atoms with Crippen molar-refractivity contribution in [2.75, 3.05) is 39.8 Å². The molecule has 0 saturated carbocycles. The molecule has 1 fully saturated rings. The van der Waals surface area contributed by atoms with Crippen molar-refractivity contribution in [3.63, 3.8) is 0 Å². The Hall–Kier alpha value is -2.28. The molecule has 1 atom stereocenters. The molecule has 0 bridgehead atoms. The molecule has 7 nitrogen and oxygen atoms in total. The lowest BCUT2D eigenvalue weighted by Crippen LogP contribution is -2.49. The average Bonchev–Trinajstić information content (AvgIpc) is 2.68. The summed E-state index contributed by atoms with van der Waals surface area (Å²) in [6, 6.07) is 6.93. The number of aliphatic imine (C=N–C) groups is 1. The number of carbonyl (C=O) groups is 2. The number of likely N-dealkylation sites (tertiary alicyclic amines) is 1. The van der Waals surface area contributed by atoms with E-state index in [-0.39, 0.29) is 17.8 Å². The van der Waals surface area contributed by atoms with Crippen LogP contribution in [0.5, 0.6) is 0 Å². The van der Waals surface area contributed by atoms with Crippen molar-refractivity contribution in [2.45, 2.75) is 19.8 Å². The van der Waals surface area contributed by atoms with Gasteiger partial charge in [-0.05, 0) is 31.9 Å². The Kier molecular flexibility index (Phi) is 8.39. The summed E-state index contributed by atoms with van der Waals surface area (Å²) in [5, 5.41) is 6.49. The molecule has 1 aliphatic rings. The normalized spacial score (nSPS) is 17.4.